The summed E-state index contributed by atoms with van der Waals surface area (Å²) in [5.74, 6) is 0.0997. The van der Waals surface area contributed by atoms with Crippen molar-refractivity contribution in [2.24, 2.45) is 0 Å². The Labute approximate surface area is 141 Å². The molecule has 21 heavy (non-hydrogen) atoms. The van der Waals surface area contributed by atoms with Gasteiger partial charge in [-0.2, -0.15) is 0 Å². The van der Waals surface area contributed by atoms with E-state index in [0.29, 0.717) is 12.6 Å². The van der Waals surface area contributed by atoms with Crippen LogP contribution in [0.4, 0.5) is 0 Å². The fourth-order valence-corrected chi connectivity index (χ4v) is 3.17. The molecule has 5 heteroatoms. The van der Waals surface area contributed by atoms with Gasteiger partial charge in [-0.1, -0.05) is 22.9 Å². The Morgan fingerprint density at radius 3 is 2.43 bits per heavy atom. The van der Waals surface area contributed by atoms with Gasteiger partial charge in [0.1, 0.15) is 0 Å². The fraction of sp³-hybridized carbons (Fsp3) is 0.562. The van der Waals surface area contributed by atoms with Crippen molar-refractivity contribution in [3.05, 3.63) is 28.7 Å². The molecule has 0 bridgehead atoms. The third-order valence-corrected chi connectivity index (χ3v) is 4.97. The lowest BCUT2D eigenvalue weighted by atomic mass is 10.3. The number of halogens is 1. The summed E-state index contributed by atoms with van der Waals surface area (Å²) in [7, 11) is 0. The third-order valence-electron chi connectivity index (χ3n) is 3.33. The number of benzene rings is 1. The van der Waals surface area contributed by atoms with Gasteiger partial charge in [0.25, 0.3) is 0 Å². The zero-order valence-corrected chi connectivity index (χ0v) is 15.6. The summed E-state index contributed by atoms with van der Waals surface area (Å²) in [5, 5.41) is 2.94. The summed E-state index contributed by atoms with van der Waals surface area (Å²) in [4.78, 5) is 15.5. The standard InChI is InChI=1S/C16H25BrN2OS/c1-5-19(12(2)3)11-10-18-16(20)13(4)21-15-8-6-14(17)7-9-15/h6-9,12-13H,5,10-11H2,1-4H3,(H,18,20). The minimum atomic E-state index is -0.0831. The number of nitrogens with one attached hydrogen (secondary N) is 1. The molecule has 1 N–H and O–H groups in total. The van der Waals surface area contributed by atoms with Crippen molar-refractivity contribution in [3.63, 3.8) is 0 Å². The average Bonchev–Trinajstić information content (AvgIpc) is 2.45. The van der Waals surface area contributed by atoms with Gasteiger partial charge in [-0.3, -0.25) is 9.69 Å². The molecule has 0 saturated heterocycles. The van der Waals surface area contributed by atoms with Crippen LogP contribution in [0.25, 0.3) is 0 Å². The van der Waals surface area contributed by atoms with Crippen LogP contribution in [0.2, 0.25) is 0 Å². The van der Waals surface area contributed by atoms with Crippen LogP contribution in [0.15, 0.2) is 33.6 Å². The highest BCUT2D eigenvalue weighted by molar-refractivity contribution is 9.10. The number of rotatable bonds is 8. The molecule has 1 rings (SSSR count). The van der Waals surface area contributed by atoms with E-state index in [2.05, 4.69) is 46.9 Å². The van der Waals surface area contributed by atoms with E-state index in [1.807, 2.05) is 31.2 Å². The Bertz CT molecular complexity index is 436. The molecule has 1 unspecified atom stereocenters. The van der Waals surface area contributed by atoms with E-state index >= 15 is 0 Å². The van der Waals surface area contributed by atoms with Crippen molar-refractivity contribution in [1.29, 1.82) is 0 Å². The lowest BCUT2D eigenvalue weighted by molar-refractivity contribution is -0.120. The number of likely N-dealkylation sites (N-methyl/N-ethyl adjacent to an activating group) is 1. The highest BCUT2D eigenvalue weighted by Crippen LogP contribution is 2.24. The lowest BCUT2D eigenvalue weighted by Gasteiger charge is -2.25. The maximum Gasteiger partial charge on any atom is 0.233 e. The molecule has 0 saturated carbocycles. The molecular weight excluding hydrogens is 348 g/mol. The summed E-state index contributed by atoms with van der Waals surface area (Å²) >= 11 is 5.00. The van der Waals surface area contributed by atoms with Crippen LogP contribution < -0.4 is 5.32 Å². The molecule has 1 aromatic rings. The number of carbonyl (C=O) groups is 1. The van der Waals surface area contributed by atoms with Gasteiger partial charge in [-0.15, -0.1) is 11.8 Å². The van der Waals surface area contributed by atoms with E-state index in [1.165, 1.54) is 0 Å². The van der Waals surface area contributed by atoms with Crippen LogP contribution in [-0.4, -0.2) is 41.7 Å². The molecule has 0 aliphatic carbocycles. The third kappa shape index (κ3) is 6.85. The lowest BCUT2D eigenvalue weighted by Crippen LogP contribution is -2.40. The molecule has 3 nitrogen and oxygen atoms in total. The van der Waals surface area contributed by atoms with Crippen molar-refractivity contribution < 1.29 is 4.79 Å². The Kier molecular flexibility index (Phi) is 8.37. The number of nitrogens with zero attached hydrogens (tertiary/aromatic N) is 1. The largest absolute Gasteiger partial charge is 0.354 e. The first-order valence-corrected chi connectivity index (χ1v) is 9.05. The predicted octanol–water partition coefficient (Wildman–Crippen LogP) is 3.78. The quantitative estimate of drug-likeness (QED) is 0.704. The van der Waals surface area contributed by atoms with Crippen LogP contribution in [0.1, 0.15) is 27.7 Å². The van der Waals surface area contributed by atoms with Gasteiger partial charge in [0, 0.05) is 28.5 Å². The van der Waals surface area contributed by atoms with E-state index in [4.69, 9.17) is 0 Å². The topological polar surface area (TPSA) is 32.3 Å². The van der Waals surface area contributed by atoms with Gasteiger partial charge < -0.3 is 5.32 Å². The highest BCUT2D eigenvalue weighted by Gasteiger charge is 2.14. The van der Waals surface area contributed by atoms with E-state index in [-0.39, 0.29) is 11.2 Å². The van der Waals surface area contributed by atoms with E-state index < -0.39 is 0 Å². The SMILES string of the molecule is CCN(CCNC(=O)C(C)Sc1ccc(Br)cc1)C(C)C. The van der Waals surface area contributed by atoms with Crippen molar-refractivity contribution >= 4 is 33.6 Å². The van der Waals surface area contributed by atoms with Crippen LogP contribution in [0.3, 0.4) is 0 Å². The van der Waals surface area contributed by atoms with Gasteiger partial charge >= 0.3 is 0 Å². The number of thioether (sulfide) groups is 1. The first-order valence-electron chi connectivity index (χ1n) is 7.38. The second-order valence-corrected chi connectivity index (χ2v) is 7.56. The van der Waals surface area contributed by atoms with Crippen LogP contribution in [0, 0.1) is 0 Å². The predicted molar refractivity (Wildman–Crippen MR) is 94.9 cm³/mol. The van der Waals surface area contributed by atoms with Gasteiger partial charge in [-0.25, -0.2) is 0 Å². The Balaban J connectivity index is 2.36. The molecule has 0 heterocycles. The second kappa shape index (κ2) is 9.49. The zero-order valence-electron chi connectivity index (χ0n) is 13.2. The van der Waals surface area contributed by atoms with Crippen LogP contribution in [0.5, 0.6) is 0 Å². The monoisotopic (exact) mass is 372 g/mol. The summed E-state index contributed by atoms with van der Waals surface area (Å²) in [6.45, 7) is 11.1. The van der Waals surface area contributed by atoms with Gasteiger partial charge in [-0.05, 0) is 51.6 Å². The van der Waals surface area contributed by atoms with Gasteiger partial charge in [0.2, 0.25) is 5.91 Å². The summed E-state index contributed by atoms with van der Waals surface area (Å²) in [5.41, 5.74) is 0. The number of hydrogen-bond donors (Lipinski definition) is 1. The molecule has 0 spiro atoms. The molecule has 118 valence electrons. The van der Waals surface area contributed by atoms with Crippen LogP contribution in [-0.2, 0) is 4.79 Å². The van der Waals surface area contributed by atoms with Gasteiger partial charge in [0.05, 0.1) is 5.25 Å². The summed E-state index contributed by atoms with van der Waals surface area (Å²) in [6, 6.07) is 8.55. The number of hydrogen-bond acceptors (Lipinski definition) is 3. The van der Waals surface area contributed by atoms with E-state index in [9.17, 15) is 4.79 Å². The minimum absolute atomic E-state index is 0.0831. The molecule has 0 aromatic heterocycles. The molecule has 0 aliphatic rings. The fourth-order valence-electron chi connectivity index (χ4n) is 2.02. The minimum Gasteiger partial charge on any atom is -0.354 e. The summed E-state index contributed by atoms with van der Waals surface area (Å²) < 4.78 is 1.05. The smallest absolute Gasteiger partial charge is 0.233 e. The Hall–Kier alpha value is -0.520. The molecule has 1 atom stereocenters. The van der Waals surface area contributed by atoms with Gasteiger partial charge in [0.15, 0.2) is 0 Å². The first kappa shape index (κ1) is 18.5. The Morgan fingerprint density at radius 2 is 1.90 bits per heavy atom. The summed E-state index contributed by atoms with van der Waals surface area (Å²) in [6.07, 6.45) is 0. The normalized spacial score (nSPS) is 12.7. The maximum absolute atomic E-state index is 12.1. The van der Waals surface area contributed by atoms with Crippen LogP contribution >= 0.6 is 27.7 Å². The molecule has 1 aromatic carbocycles. The van der Waals surface area contributed by atoms with Crippen molar-refractivity contribution in [1.82, 2.24) is 10.2 Å². The van der Waals surface area contributed by atoms with E-state index in [1.54, 1.807) is 11.8 Å². The van der Waals surface area contributed by atoms with Crippen molar-refractivity contribution in [2.45, 2.75) is 43.9 Å². The maximum atomic E-state index is 12.1. The Morgan fingerprint density at radius 1 is 1.29 bits per heavy atom. The zero-order chi connectivity index (χ0) is 15.8. The molecule has 1 amide bonds. The van der Waals surface area contributed by atoms with E-state index in [0.717, 1.165) is 22.5 Å². The average molecular weight is 373 g/mol. The van der Waals surface area contributed by atoms with Crippen molar-refractivity contribution in [3.8, 4) is 0 Å². The highest BCUT2D eigenvalue weighted by atomic mass is 79.9. The molecule has 0 fully saturated rings. The molecule has 0 aliphatic heterocycles. The number of amides is 1. The molecular formula is C16H25BrN2OS. The van der Waals surface area contributed by atoms with Crippen molar-refractivity contribution in [2.75, 3.05) is 19.6 Å². The molecule has 0 radical (unpaired) electrons. The first-order chi connectivity index (χ1) is 9.93. The number of carbonyl (C=O) groups excluding carboxylic acids is 1. The second-order valence-electron chi connectivity index (χ2n) is 5.23.